The van der Waals surface area contributed by atoms with Gasteiger partial charge in [-0.25, -0.2) is 5.43 Å². The van der Waals surface area contributed by atoms with Crippen molar-refractivity contribution in [2.24, 2.45) is 5.10 Å². The summed E-state index contributed by atoms with van der Waals surface area (Å²) in [4.78, 5) is 22.3. The summed E-state index contributed by atoms with van der Waals surface area (Å²) in [5.41, 5.74) is 2.02. The molecule has 0 radical (unpaired) electrons. The average molecular weight is 378 g/mol. The SMILES string of the molecule is C[C@H](Oc1ccc2ccccc2c1)C(=O)N/N=C/c1cc([N+](=O)[O-])ccc1[O-]. The predicted molar refractivity (Wildman–Crippen MR) is 102 cm³/mol. The molecule has 1 atom stereocenters. The molecule has 0 heterocycles. The summed E-state index contributed by atoms with van der Waals surface area (Å²) in [5, 5.41) is 28.2. The number of carbonyl (C=O) groups is 1. The molecule has 0 aliphatic heterocycles. The van der Waals surface area contributed by atoms with Gasteiger partial charge in [-0.2, -0.15) is 5.10 Å². The Hall–Kier alpha value is -3.94. The second-order valence-electron chi connectivity index (χ2n) is 5.98. The van der Waals surface area contributed by atoms with E-state index in [2.05, 4.69) is 10.5 Å². The third-order valence-electron chi connectivity index (χ3n) is 3.99. The van der Waals surface area contributed by atoms with Gasteiger partial charge in [0.15, 0.2) is 6.10 Å². The number of nitrogens with one attached hydrogen (secondary N) is 1. The Morgan fingerprint density at radius 1 is 1.14 bits per heavy atom. The number of benzene rings is 3. The van der Waals surface area contributed by atoms with Gasteiger partial charge in [0.2, 0.25) is 0 Å². The third kappa shape index (κ3) is 4.42. The molecule has 0 fully saturated rings. The smallest absolute Gasteiger partial charge is 0.280 e. The molecule has 0 saturated heterocycles. The van der Waals surface area contributed by atoms with Crippen LogP contribution in [-0.2, 0) is 4.79 Å². The number of rotatable bonds is 6. The maximum atomic E-state index is 12.1. The van der Waals surface area contributed by atoms with Crippen LogP contribution in [0, 0.1) is 10.1 Å². The lowest BCUT2D eigenvalue weighted by atomic mass is 10.1. The van der Waals surface area contributed by atoms with E-state index < -0.39 is 22.7 Å². The molecule has 142 valence electrons. The second kappa shape index (κ2) is 8.17. The van der Waals surface area contributed by atoms with Gasteiger partial charge in [-0.1, -0.05) is 42.1 Å². The van der Waals surface area contributed by atoms with Crippen molar-refractivity contribution in [3.63, 3.8) is 0 Å². The number of hydrogen-bond donors (Lipinski definition) is 1. The van der Waals surface area contributed by atoms with Crippen LogP contribution in [0.5, 0.6) is 11.5 Å². The van der Waals surface area contributed by atoms with Gasteiger partial charge in [-0.05, 0) is 35.4 Å². The number of nitro groups is 1. The highest BCUT2D eigenvalue weighted by Gasteiger charge is 2.14. The van der Waals surface area contributed by atoms with Crippen LogP contribution >= 0.6 is 0 Å². The lowest BCUT2D eigenvalue weighted by molar-refractivity contribution is -0.385. The predicted octanol–water partition coefficient (Wildman–Crippen LogP) is 2.74. The topological polar surface area (TPSA) is 117 Å². The molecule has 3 aromatic carbocycles. The van der Waals surface area contributed by atoms with Crippen LogP contribution in [0.25, 0.3) is 10.8 Å². The summed E-state index contributed by atoms with van der Waals surface area (Å²) in [6.45, 7) is 1.56. The number of ether oxygens (including phenoxy) is 1. The van der Waals surface area contributed by atoms with Crippen LogP contribution in [0.2, 0.25) is 0 Å². The Morgan fingerprint density at radius 2 is 1.89 bits per heavy atom. The minimum absolute atomic E-state index is 0.00222. The minimum Gasteiger partial charge on any atom is -0.872 e. The maximum absolute atomic E-state index is 12.1. The van der Waals surface area contributed by atoms with Gasteiger partial charge in [0.05, 0.1) is 11.1 Å². The van der Waals surface area contributed by atoms with Crippen molar-refractivity contribution in [2.75, 3.05) is 0 Å². The van der Waals surface area contributed by atoms with Gasteiger partial charge in [-0.15, -0.1) is 0 Å². The summed E-state index contributed by atoms with van der Waals surface area (Å²) in [5.74, 6) is -0.433. The second-order valence-corrected chi connectivity index (χ2v) is 5.98. The lowest BCUT2D eigenvalue weighted by Crippen LogP contribution is -2.33. The summed E-state index contributed by atoms with van der Waals surface area (Å²) in [6.07, 6.45) is 0.228. The molecular formula is C20H16N3O5-. The van der Waals surface area contributed by atoms with E-state index in [0.717, 1.165) is 35.2 Å². The first kappa shape index (κ1) is 18.8. The molecule has 3 rings (SSSR count). The first-order valence-electron chi connectivity index (χ1n) is 8.38. The zero-order chi connectivity index (χ0) is 20.1. The number of hydrogen-bond acceptors (Lipinski definition) is 6. The number of nitro benzene ring substituents is 1. The molecule has 28 heavy (non-hydrogen) atoms. The Morgan fingerprint density at radius 3 is 2.64 bits per heavy atom. The van der Waals surface area contributed by atoms with Crippen molar-refractivity contribution in [3.05, 3.63) is 76.3 Å². The zero-order valence-electron chi connectivity index (χ0n) is 14.9. The van der Waals surface area contributed by atoms with E-state index in [0.29, 0.717) is 5.75 Å². The van der Waals surface area contributed by atoms with Crippen LogP contribution in [0.3, 0.4) is 0 Å². The largest absolute Gasteiger partial charge is 0.872 e. The molecule has 1 N–H and O–H groups in total. The summed E-state index contributed by atoms with van der Waals surface area (Å²) < 4.78 is 5.62. The molecule has 0 aromatic heterocycles. The van der Waals surface area contributed by atoms with Gasteiger partial charge in [-0.3, -0.25) is 14.9 Å². The molecule has 0 bridgehead atoms. The quantitative estimate of drug-likeness (QED) is 0.402. The summed E-state index contributed by atoms with van der Waals surface area (Å²) in [6, 6.07) is 16.5. The van der Waals surface area contributed by atoms with E-state index in [1.54, 1.807) is 13.0 Å². The van der Waals surface area contributed by atoms with Crippen LogP contribution in [0.15, 0.2) is 65.8 Å². The number of non-ortho nitro benzene ring substituents is 1. The van der Waals surface area contributed by atoms with E-state index in [-0.39, 0.29) is 11.3 Å². The first-order valence-corrected chi connectivity index (χ1v) is 8.38. The molecule has 8 heteroatoms. The minimum atomic E-state index is -0.838. The molecule has 1 amide bonds. The maximum Gasteiger partial charge on any atom is 0.280 e. The van der Waals surface area contributed by atoms with E-state index in [4.69, 9.17) is 4.74 Å². The number of nitrogens with zero attached hydrogens (tertiary/aromatic N) is 2. The van der Waals surface area contributed by atoms with Crippen molar-refractivity contribution in [3.8, 4) is 11.5 Å². The summed E-state index contributed by atoms with van der Waals surface area (Å²) in [7, 11) is 0. The fourth-order valence-corrected chi connectivity index (χ4v) is 2.51. The molecule has 0 aliphatic carbocycles. The molecule has 0 spiro atoms. The molecule has 0 saturated carbocycles. The van der Waals surface area contributed by atoms with Crippen molar-refractivity contribution in [2.45, 2.75) is 13.0 Å². The van der Waals surface area contributed by atoms with Crippen LogP contribution in [0.4, 0.5) is 5.69 Å². The Bertz CT molecular complexity index is 1060. The number of fused-ring (bicyclic) bond motifs is 1. The zero-order valence-corrected chi connectivity index (χ0v) is 14.9. The van der Waals surface area contributed by atoms with Gasteiger partial charge < -0.3 is 9.84 Å². The fraction of sp³-hybridized carbons (Fsp3) is 0.100. The average Bonchev–Trinajstić information content (AvgIpc) is 2.69. The Kier molecular flexibility index (Phi) is 5.50. The van der Waals surface area contributed by atoms with Crippen molar-refractivity contribution >= 4 is 28.6 Å². The van der Waals surface area contributed by atoms with Gasteiger partial charge in [0.25, 0.3) is 11.6 Å². The fourth-order valence-electron chi connectivity index (χ4n) is 2.51. The first-order chi connectivity index (χ1) is 13.4. The molecular weight excluding hydrogens is 362 g/mol. The number of hydrazone groups is 1. The van der Waals surface area contributed by atoms with Crippen LogP contribution < -0.4 is 15.3 Å². The monoisotopic (exact) mass is 378 g/mol. The Balaban J connectivity index is 1.63. The number of amides is 1. The van der Waals surface area contributed by atoms with Gasteiger partial charge in [0.1, 0.15) is 5.75 Å². The molecule has 3 aromatic rings. The highest BCUT2D eigenvalue weighted by Crippen LogP contribution is 2.21. The van der Waals surface area contributed by atoms with Gasteiger partial charge in [0, 0.05) is 12.1 Å². The third-order valence-corrected chi connectivity index (χ3v) is 3.99. The van der Waals surface area contributed by atoms with Crippen molar-refractivity contribution in [1.82, 2.24) is 5.43 Å². The molecule has 0 unspecified atom stereocenters. The van der Waals surface area contributed by atoms with Crippen LogP contribution in [-0.4, -0.2) is 23.1 Å². The van der Waals surface area contributed by atoms with E-state index in [1.165, 1.54) is 0 Å². The summed E-state index contributed by atoms with van der Waals surface area (Å²) >= 11 is 0. The number of carbonyl (C=O) groups excluding carboxylic acids is 1. The van der Waals surface area contributed by atoms with Crippen molar-refractivity contribution < 1.29 is 19.6 Å². The van der Waals surface area contributed by atoms with E-state index in [9.17, 15) is 20.0 Å². The lowest BCUT2D eigenvalue weighted by Gasteiger charge is -2.13. The Labute approximate surface area is 160 Å². The highest BCUT2D eigenvalue weighted by atomic mass is 16.6. The molecule has 0 aliphatic rings. The van der Waals surface area contributed by atoms with E-state index in [1.807, 2.05) is 36.4 Å². The standard InChI is InChI=1S/C20H17N3O5/c1-13(28-18-8-6-14-4-2-3-5-15(14)11-18)20(25)22-21-12-16-10-17(23(26)27)7-9-19(16)24/h2-13,24H,1H3,(H,22,25)/p-1/b21-12+/t13-/m0/s1. The normalized spacial score (nSPS) is 12.0. The molecule has 8 nitrogen and oxygen atoms in total. The van der Waals surface area contributed by atoms with Crippen molar-refractivity contribution in [1.29, 1.82) is 0 Å². The highest BCUT2D eigenvalue weighted by molar-refractivity contribution is 5.87. The van der Waals surface area contributed by atoms with E-state index >= 15 is 0 Å². The van der Waals surface area contributed by atoms with Crippen LogP contribution in [0.1, 0.15) is 12.5 Å². The van der Waals surface area contributed by atoms with Gasteiger partial charge >= 0.3 is 0 Å².